The van der Waals surface area contributed by atoms with Crippen LogP contribution in [0, 0.1) is 12.7 Å². The van der Waals surface area contributed by atoms with E-state index in [1.165, 1.54) is 13.2 Å². The number of methoxy groups -OCH3 is 1. The minimum Gasteiger partial charge on any atom is -0.496 e. The fourth-order valence-corrected chi connectivity index (χ4v) is 1.80. The van der Waals surface area contributed by atoms with E-state index >= 15 is 0 Å². The summed E-state index contributed by atoms with van der Waals surface area (Å²) in [6.07, 6.45) is 1.05. The largest absolute Gasteiger partial charge is 0.496 e. The third kappa shape index (κ3) is 2.61. The summed E-state index contributed by atoms with van der Waals surface area (Å²) in [5.74, 6) is 0.165. The van der Waals surface area contributed by atoms with Crippen molar-refractivity contribution in [3.63, 3.8) is 0 Å². The van der Waals surface area contributed by atoms with Gasteiger partial charge in [-0.05, 0) is 31.4 Å². The van der Waals surface area contributed by atoms with Crippen molar-refractivity contribution in [1.82, 2.24) is 0 Å². The molecule has 1 N–H and O–H groups in total. The molecule has 84 valence electrons. The number of hydrogen-bond donors (Lipinski definition) is 1. The van der Waals surface area contributed by atoms with E-state index in [9.17, 15) is 4.39 Å². The molecule has 0 atom stereocenters. The van der Waals surface area contributed by atoms with E-state index in [2.05, 4.69) is 0 Å². The van der Waals surface area contributed by atoms with E-state index in [1.807, 2.05) is 0 Å². The molecule has 1 aromatic carbocycles. The van der Waals surface area contributed by atoms with Crippen LogP contribution in [0.1, 0.15) is 17.5 Å². The number of benzene rings is 1. The third-order valence-corrected chi connectivity index (χ3v) is 2.65. The summed E-state index contributed by atoms with van der Waals surface area (Å²) >= 11 is 5.85. The van der Waals surface area contributed by atoms with Crippen molar-refractivity contribution in [2.24, 2.45) is 0 Å². The number of ether oxygens (including phenoxy) is 1. The van der Waals surface area contributed by atoms with Crippen LogP contribution in [-0.2, 0) is 6.42 Å². The molecular formula is C11H14ClFO2. The summed E-state index contributed by atoms with van der Waals surface area (Å²) in [5.41, 5.74) is 1.35. The van der Waals surface area contributed by atoms with Crippen LogP contribution in [0.3, 0.4) is 0 Å². The Balaban J connectivity index is 3.18. The summed E-state index contributed by atoms with van der Waals surface area (Å²) < 4.78 is 18.5. The average molecular weight is 233 g/mol. The van der Waals surface area contributed by atoms with Crippen LogP contribution < -0.4 is 4.74 Å². The van der Waals surface area contributed by atoms with Crippen LogP contribution in [0.4, 0.5) is 4.39 Å². The lowest BCUT2D eigenvalue weighted by molar-refractivity contribution is 0.287. The maximum atomic E-state index is 13.3. The Morgan fingerprint density at radius 2 is 2.20 bits per heavy atom. The topological polar surface area (TPSA) is 29.5 Å². The van der Waals surface area contributed by atoms with Crippen LogP contribution in [0.15, 0.2) is 6.07 Å². The Labute approximate surface area is 93.6 Å². The molecule has 0 unspecified atom stereocenters. The van der Waals surface area contributed by atoms with Gasteiger partial charge in [-0.25, -0.2) is 4.39 Å². The first-order valence-corrected chi connectivity index (χ1v) is 5.12. The molecule has 15 heavy (non-hydrogen) atoms. The smallest absolute Gasteiger partial charge is 0.142 e. The first-order chi connectivity index (χ1) is 7.11. The zero-order chi connectivity index (χ0) is 11.4. The fourth-order valence-electron chi connectivity index (χ4n) is 1.56. The van der Waals surface area contributed by atoms with E-state index in [0.29, 0.717) is 29.7 Å². The van der Waals surface area contributed by atoms with Crippen LogP contribution in [0.5, 0.6) is 5.75 Å². The first kappa shape index (κ1) is 12.3. The van der Waals surface area contributed by atoms with Crippen LogP contribution in [-0.4, -0.2) is 18.8 Å². The van der Waals surface area contributed by atoms with Gasteiger partial charge < -0.3 is 9.84 Å². The monoisotopic (exact) mass is 232 g/mol. The first-order valence-electron chi connectivity index (χ1n) is 4.74. The molecule has 0 aliphatic carbocycles. The molecule has 1 aromatic rings. The molecule has 0 aliphatic heterocycles. The van der Waals surface area contributed by atoms with Gasteiger partial charge in [0.25, 0.3) is 0 Å². The van der Waals surface area contributed by atoms with Crippen molar-refractivity contribution in [1.29, 1.82) is 0 Å². The molecule has 0 aromatic heterocycles. The average Bonchev–Trinajstić information content (AvgIpc) is 2.21. The molecule has 0 saturated carbocycles. The lowest BCUT2D eigenvalue weighted by atomic mass is 10.0. The van der Waals surface area contributed by atoms with Gasteiger partial charge in [0, 0.05) is 12.2 Å². The minimum absolute atomic E-state index is 0.0506. The van der Waals surface area contributed by atoms with Crippen LogP contribution >= 0.6 is 11.6 Å². The molecule has 0 radical (unpaired) electrons. The molecule has 0 spiro atoms. The van der Waals surface area contributed by atoms with Gasteiger partial charge in [-0.2, -0.15) is 0 Å². The third-order valence-electron chi connectivity index (χ3n) is 2.24. The Hall–Kier alpha value is -0.800. The van der Waals surface area contributed by atoms with Gasteiger partial charge in [-0.15, -0.1) is 0 Å². The van der Waals surface area contributed by atoms with Gasteiger partial charge in [0.05, 0.1) is 12.1 Å². The molecule has 0 amide bonds. The highest BCUT2D eigenvalue weighted by Crippen LogP contribution is 2.33. The maximum absolute atomic E-state index is 13.3. The van der Waals surface area contributed by atoms with Crippen molar-refractivity contribution < 1.29 is 14.2 Å². The molecule has 2 nitrogen and oxygen atoms in total. The predicted octanol–water partition coefficient (Wildman–Crippen LogP) is 2.72. The van der Waals surface area contributed by atoms with Crippen LogP contribution in [0.25, 0.3) is 0 Å². The second kappa shape index (κ2) is 5.33. The molecule has 0 heterocycles. The predicted molar refractivity (Wildman–Crippen MR) is 58.1 cm³/mol. The summed E-state index contributed by atoms with van der Waals surface area (Å²) in [6.45, 7) is 1.82. The van der Waals surface area contributed by atoms with E-state index in [-0.39, 0.29) is 11.6 Å². The van der Waals surface area contributed by atoms with Gasteiger partial charge in [-0.3, -0.25) is 0 Å². The summed E-state index contributed by atoms with van der Waals surface area (Å²) in [4.78, 5) is 0. The normalized spacial score (nSPS) is 10.5. The Morgan fingerprint density at radius 3 is 2.73 bits per heavy atom. The molecule has 1 rings (SSSR count). The Bertz CT molecular complexity index is 353. The van der Waals surface area contributed by atoms with Gasteiger partial charge in [0.15, 0.2) is 0 Å². The summed E-state index contributed by atoms with van der Waals surface area (Å²) in [5, 5.41) is 8.83. The highest BCUT2D eigenvalue weighted by atomic mass is 35.5. The second-order valence-corrected chi connectivity index (χ2v) is 3.71. The van der Waals surface area contributed by atoms with E-state index in [1.54, 1.807) is 6.92 Å². The standard InChI is InChI=1S/C11H14ClFO2/c1-7-6-9(13)10(12)8(4-3-5-14)11(7)15-2/h6,14H,3-5H2,1-2H3. The minimum atomic E-state index is -0.442. The number of aliphatic hydroxyl groups excluding tert-OH is 1. The second-order valence-electron chi connectivity index (χ2n) is 3.33. The Morgan fingerprint density at radius 1 is 1.53 bits per heavy atom. The van der Waals surface area contributed by atoms with Crippen molar-refractivity contribution in [3.05, 3.63) is 28.0 Å². The van der Waals surface area contributed by atoms with E-state index < -0.39 is 5.82 Å². The van der Waals surface area contributed by atoms with E-state index in [0.717, 1.165) is 0 Å². The summed E-state index contributed by atoms with van der Waals surface area (Å²) in [6, 6.07) is 1.35. The van der Waals surface area contributed by atoms with Gasteiger partial charge >= 0.3 is 0 Å². The summed E-state index contributed by atoms with van der Waals surface area (Å²) in [7, 11) is 1.53. The van der Waals surface area contributed by atoms with Crippen molar-refractivity contribution >= 4 is 11.6 Å². The zero-order valence-electron chi connectivity index (χ0n) is 8.81. The molecule has 0 bridgehead atoms. The highest BCUT2D eigenvalue weighted by Gasteiger charge is 2.15. The maximum Gasteiger partial charge on any atom is 0.142 e. The molecule has 0 saturated heterocycles. The lowest BCUT2D eigenvalue weighted by Gasteiger charge is -2.13. The lowest BCUT2D eigenvalue weighted by Crippen LogP contribution is -2.00. The molecule has 0 fully saturated rings. The van der Waals surface area contributed by atoms with Crippen LogP contribution in [0.2, 0.25) is 5.02 Å². The number of aryl methyl sites for hydroxylation is 1. The zero-order valence-corrected chi connectivity index (χ0v) is 9.57. The molecule has 0 aliphatic rings. The van der Waals surface area contributed by atoms with Crippen molar-refractivity contribution in [2.45, 2.75) is 19.8 Å². The van der Waals surface area contributed by atoms with Gasteiger partial charge in [0.1, 0.15) is 11.6 Å². The van der Waals surface area contributed by atoms with Crippen molar-refractivity contribution in [3.8, 4) is 5.75 Å². The highest BCUT2D eigenvalue weighted by molar-refractivity contribution is 6.31. The molecular weight excluding hydrogens is 219 g/mol. The number of hydrogen-bond acceptors (Lipinski definition) is 2. The number of aliphatic hydroxyl groups is 1. The Kier molecular flexibility index (Phi) is 4.36. The van der Waals surface area contributed by atoms with E-state index in [4.69, 9.17) is 21.4 Å². The van der Waals surface area contributed by atoms with Gasteiger partial charge in [-0.1, -0.05) is 11.6 Å². The van der Waals surface area contributed by atoms with Crippen molar-refractivity contribution in [2.75, 3.05) is 13.7 Å². The number of rotatable bonds is 4. The van der Waals surface area contributed by atoms with Gasteiger partial charge in [0.2, 0.25) is 0 Å². The SMILES string of the molecule is COc1c(C)cc(F)c(Cl)c1CCCO. The molecule has 4 heteroatoms. The fraction of sp³-hybridized carbons (Fsp3) is 0.455. The quantitative estimate of drug-likeness (QED) is 0.865. The number of halogens is 2.